The first kappa shape index (κ1) is 22.4. The number of ether oxygens (including phenoxy) is 3. The van der Waals surface area contributed by atoms with Crippen LogP contribution in [-0.4, -0.2) is 75.6 Å². The van der Waals surface area contributed by atoms with Crippen molar-refractivity contribution < 1.29 is 43.9 Å². The summed E-state index contributed by atoms with van der Waals surface area (Å²) in [5.74, 6) is -2.73. The molecule has 5 rings (SSSR count). The maximum absolute atomic E-state index is 12.5. The number of esters is 2. The number of nitrogens with zero attached hydrogens (tertiary/aromatic N) is 1. The third-order valence-electron chi connectivity index (χ3n) is 7.57. The molecule has 4 aliphatic rings. The van der Waals surface area contributed by atoms with E-state index >= 15 is 0 Å². The predicted octanol–water partition coefficient (Wildman–Crippen LogP) is 0.786. The van der Waals surface area contributed by atoms with Crippen LogP contribution in [0.15, 0.2) is 36.1 Å². The Morgan fingerprint density at radius 1 is 1.26 bits per heavy atom. The van der Waals surface area contributed by atoms with Crippen LogP contribution in [0.3, 0.4) is 0 Å². The van der Waals surface area contributed by atoms with E-state index in [0.717, 1.165) is 23.3 Å². The summed E-state index contributed by atoms with van der Waals surface area (Å²) in [6.07, 6.45) is 2.44. The standard InChI is InChI=1S/C24H25NO9/c1-12(22(29)30)32-17(27)5-6-18(28)33-15-7-8-24(31)16-11-13-3-4-14(26)20-19(13)23(24,21(15)34-20)9-10-25(16)2/h3-7,12,16,21,26,31H,8-11H2,1-2H3,(H,29,30)/b6-5+/t12-,16+,21?,23?,24+/m0/s1. The lowest BCUT2D eigenvalue weighted by atomic mass is 9.50. The van der Waals surface area contributed by atoms with E-state index in [2.05, 4.69) is 9.64 Å². The number of likely N-dealkylation sites (N-methyl/N-ethyl adjacent to an activating group) is 1. The molecule has 1 fully saturated rings. The number of likely N-dealkylation sites (tertiary alicyclic amines) is 1. The third kappa shape index (κ3) is 2.98. The van der Waals surface area contributed by atoms with Crippen molar-refractivity contribution in [2.24, 2.45) is 0 Å². The SMILES string of the molecule is C[C@H](OC(=O)/C=C/C(=O)OC1=CC[C@@]2(O)[C@H]3Cc4ccc(O)c5c4C2(CCN3C)C1O5)C(=O)O. The summed E-state index contributed by atoms with van der Waals surface area (Å²) in [5, 5.41) is 31.3. The molecular weight excluding hydrogens is 446 g/mol. The van der Waals surface area contributed by atoms with Crippen molar-refractivity contribution in [1.29, 1.82) is 0 Å². The van der Waals surface area contributed by atoms with Gasteiger partial charge in [-0.25, -0.2) is 14.4 Å². The second kappa shape index (κ2) is 7.57. The second-order valence-corrected chi connectivity index (χ2v) is 9.27. The van der Waals surface area contributed by atoms with Crippen LogP contribution in [0.5, 0.6) is 11.5 Å². The van der Waals surface area contributed by atoms with Crippen molar-refractivity contribution in [1.82, 2.24) is 4.90 Å². The summed E-state index contributed by atoms with van der Waals surface area (Å²) in [5.41, 5.74) is -0.318. The molecular formula is C24H25NO9. The fourth-order valence-corrected chi connectivity index (χ4v) is 5.99. The number of rotatable bonds is 5. The number of carbonyl (C=O) groups excluding carboxylic acids is 2. The number of carboxylic acids is 1. The lowest BCUT2D eigenvalue weighted by Crippen LogP contribution is -2.74. The normalized spacial score (nSPS) is 31.8. The van der Waals surface area contributed by atoms with E-state index in [1.807, 2.05) is 13.1 Å². The molecule has 34 heavy (non-hydrogen) atoms. The predicted molar refractivity (Wildman–Crippen MR) is 115 cm³/mol. The minimum Gasteiger partial charge on any atom is -0.504 e. The van der Waals surface area contributed by atoms with E-state index < -0.39 is 41.1 Å². The van der Waals surface area contributed by atoms with E-state index in [0.29, 0.717) is 25.1 Å². The Balaban J connectivity index is 1.45. The molecule has 2 aliphatic heterocycles. The molecule has 1 saturated heterocycles. The van der Waals surface area contributed by atoms with Crippen molar-refractivity contribution in [3.8, 4) is 11.5 Å². The molecule has 3 N–H and O–H groups in total. The number of aliphatic hydroxyl groups is 1. The highest BCUT2D eigenvalue weighted by atomic mass is 16.6. The first-order valence-corrected chi connectivity index (χ1v) is 11.1. The molecule has 5 atom stereocenters. The molecule has 0 saturated carbocycles. The average Bonchev–Trinajstić information content (AvgIpc) is 3.14. The molecule has 1 spiro atoms. The smallest absolute Gasteiger partial charge is 0.344 e. The first-order valence-electron chi connectivity index (χ1n) is 11.1. The maximum Gasteiger partial charge on any atom is 0.344 e. The van der Waals surface area contributed by atoms with E-state index in [-0.39, 0.29) is 24.0 Å². The Morgan fingerprint density at radius 2 is 2.00 bits per heavy atom. The van der Waals surface area contributed by atoms with Gasteiger partial charge in [0.05, 0.1) is 11.0 Å². The van der Waals surface area contributed by atoms with Crippen LogP contribution < -0.4 is 4.74 Å². The molecule has 10 heteroatoms. The lowest BCUT2D eigenvalue weighted by molar-refractivity contribution is -0.168. The average molecular weight is 471 g/mol. The summed E-state index contributed by atoms with van der Waals surface area (Å²) in [7, 11) is 1.97. The number of aliphatic carboxylic acids is 1. The van der Waals surface area contributed by atoms with Gasteiger partial charge in [-0.1, -0.05) is 6.07 Å². The lowest BCUT2D eigenvalue weighted by Gasteiger charge is -2.61. The second-order valence-electron chi connectivity index (χ2n) is 9.27. The molecule has 2 aliphatic carbocycles. The maximum atomic E-state index is 12.5. The van der Waals surface area contributed by atoms with Gasteiger partial charge in [0.15, 0.2) is 23.7 Å². The molecule has 0 radical (unpaired) electrons. The van der Waals surface area contributed by atoms with Crippen molar-refractivity contribution in [2.45, 2.75) is 55.5 Å². The van der Waals surface area contributed by atoms with Crippen LogP contribution in [0.4, 0.5) is 0 Å². The highest BCUT2D eigenvalue weighted by molar-refractivity contribution is 5.93. The highest BCUT2D eigenvalue weighted by Gasteiger charge is 2.72. The van der Waals surface area contributed by atoms with Gasteiger partial charge in [-0.3, -0.25) is 0 Å². The Kier molecular flexibility index (Phi) is 4.99. The molecule has 1 aromatic carbocycles. The molecule has 10 nitrogen and oxygen atoms in total. The van der Waals surface area contributed by atoms with E-state index in [1.54, 1.807) is 12.1 Å². The fraction of sp³-hybridized carbons (Fsp3) is 0.458. The topological polar surface area (TPSA) is 143 Å². The summed E-state index contributed by atoms with van der Waals surface area (Å²) in [4.78, 5) is 37.1. The Labute approximate surface area is 195 Å². The third-order valence-corrected chi connectivity index (χ3v) is 7.57. The zero-order chi connectivity index (χ0) is 24.4. The Morgan fingerprint density at radius 3 is 2.74 bits per heavy atom. The van der Waals surface area contributed by atoms with Crippen LogP contribution >= 0.6 is 0 Å². The van der Waals surface area contributed by atoms with E-state index in [4.69, 9.17) is 14.6 Å². The first-order chi connectivity index (χ1) is 16.1. The number of piperidine rings is 1. The van der Waals surface area contributed by atoms with E-state index in [9.17, 15) is 24.6 Å². The molecule has 0 amide bonds. The van der Waals surface area contributed by atoms with Crippen LogP contribution in [0, 0.1) is 0 Å². The molecule has 0 aromatic heterocycles. The number of hydrogen-bond donors (Lipinski definition) is 3. The zero-order valence-corrected chi connectivity index (χ0v) is 18.7. The van der Waals surface area contributed by atoms with Crippen LogP contribution in [0.2, 0.25) is 0 Å². The minimum absolute atomic E-state index is 0.0388. The molecule has 1 aromatic rings. The zero-order valence-electron chi connectivity index (χ0n) is 18.7. The summed E-state index contributed by atoms with van der Waals surface area (Å²) < 4.78 is 16.4. The quantitative estimate of drug-likeness (QED) is 0.416. The highest BCUT2D eigenvalue weighted by Crippen LogP contribution is 2.65. The van der Waals surface area contributed by atoms with Gasteiger partial charge in [-0.15, -0.1) is 0 Å². The minimum atomic E-state index is -1.36. The van der Waals surface area contributed by atoms with Gasteiger partial charge in [0.25, 0.3) is 0 Å². The molecule has 2 unspecified atom stereocenters. The van der Waals surface area contributed by atoms with E-state index in [1.165, 1.54) is 6.92 Å². The van der Waals surface area contributed by atoms with Crippen LogP contribution in [0.25, 0.3) is 0 Å². The number of phenolic OH excluding ortho intramolecular Hbond substituents is 1. The van der Waals surface area contributed by atoms with Crippen molar-refractivity contribution in [3.05, 3.63) is 47.2 Å². The summed E-state index contributed by atoms with van der Waals surface area (Å²) >= 11 is 0. The van der Waals surface area contributed by atoms with Gasteiger partial charge in [-0.2, -0.15) is 0 Å². The summed E-state index contributed by atoms with van der Waals surface area (Å²) in [6, 6.07) is 3.25. The number of benzene rings is 1. The fourth-order valence-electron chi connectivity index (χ4n) is 5.99. The number of hydrogen-bond acceptors (Lipinski definition) is 9. The number of carboxylic acid groups (broad SMARTS) is 1. The molecule has 2 heterocycles. The van der Waals surface area contributed by atoms with Gasteiger partial charge in [0.2, 0.25) is 0 Å². The van der Waals surface area contributed by atoms with Crippen molar-refractivity contribution in [3.63, 3.8) is 0 Å². The van der Waals surface area contributed by atoms with Gasteiger partial charge < -0.3 is 34.4 Å². The number of carbonyl (C=O) groups is 3. The van der Waals surface area contributed by atoms with Gasteiger partial charge >= 0.3 is 17.9 Å². The monoisotopic (exact) mass is 471 g/mol. The van der Waals surface area contributed by atoms with Crippen LogP contribution in [-0.2, 0) is 35.7 Å². The van der Waals surface area contributed by atoms with Gasteiger partial charge in [-0.05, 0) is 51.1 Å². The molecule has 180 valence electrons. The van der Waals surface area contributed by atoms with Crippen LogP contribution in [0.1, 0.15) is 30.9 Å². The van der Waals surface area contributed by atoms with Gasteiger partial charge in [0, 0.05) is 30.2 Å². The number of aromatic hydroxyl groups is 1. The number of phenols is 1. The van der Waals surface area contributed by atoms with Gasteiger partial charge in [0.1, 0.15) is 5.76 Å². The van der Waals surface area contributed by atoms with Crippen molar-refractivity contribution in [2.75, 3.05) is 13.6 Å². The van der Waals surface area contributed by atoms with Crippen molar-refractivity contribution >= 4 is 17.9 Å². The Bertz CT molecular complexity index is 1160. The summed E-state index contributed by atoms with van der Waals surface area (Å²) in [6.45, 7) is 1.88. The Hall–Kier alpha value is -3.37. The largest absolute Gasteiger partial charge is 0.504 e. The molecule has 2 bridgehead atoms.